The summed E-state index contributed by atoms with van der Waals surface area (Å²) in [6.45, 7) is 0. The molecular formula is C21H21CuO3-3. The molecule has 0 aromatic heterocycles. The number of ether oxygens (including phenoxy) is 3. The molecule has 0 aliphatic rings. The summed E-state index contributed by atoms with van der Waals surface area (Å²) in [5.41, 5.74) is 0. The maximum absolute atomic E-state index is 4.66. The van der Waals surface area contributed by atoms with Crippen LogP contribution >= 0.6 is 0 Å². The molecule has 0 atom stereocenters. The Bertz CT molecular complexity index is 537. The van der Waals surface area contributed by atoms with Gasteiger partial charge in [0, 0.05) is 17.1 Å². The summed E-state index contributed by atoms with van der Waals surface area (Å²) in [5, 5.41) is 0. The zero-order valence-electron chi connectivity index (χ0n) is 13.8. The van der Waals surface area contributed by atoms with Crippen molar-refractivity contribution < 1.29 is 31.3 Å². The van der Waals surface area contributed by atoms with Gasteiger partial charge in [-0.2, -0.15) is 21.3 Å². The number of benzene rings is 3. The molecule has 25 heavy (non-hydrogen) atoms. The third-order valence-electron chi connectivity index (χ3n) is 2.73. The largest absolute Gasteiger partial charge is 0.665 e. The molecule has 0 saturated heterocycles. The van der Waals surface area contributed by atoms with Crippen molar-refractivity contribution >= 4 is 0 Å². The fourth-order valence-electron chi connectivity index (χ4n) is 1.55. The molecule has 0 fully saturated rings. The first-order valence-corrected chi connectivity index (χ1v) is 7.21. The molecule has 3 nitrogen and oxygen atoms in total. The van der Waals surface area contributed by atoms with Gasteiger partial charge in [0.2, 0.25) is 0 Å². The van der Waals surface area contributed by atoms with E-state index in [0.717, 1.165) is 17.2 Å². The third-order valence-corrected chi connectivity index (χ3v) is 2.73. The predicted molar refractivity (Wildman–Crippen MR) is 97.3 cm³/mol. The van der Waals surface area contributed by atoms with Crippen LogP contribution in [0.3, 0.4) is 0 Å². The number of hydrogen-bond donors (Lipinski definition) is 0. The monoisotopic (exact) mass is 384 g/mol. The topological polar surface area (TPSA) is 27.7 Å². The minimum atomic E-state index is 0. The van der Waals surface area contributed by atoms with E-state index in [1.165, 1.54) is 0 Å². The Hall–Kier alpha value is -2.42. The fraction of sp³-hybridized carbons (Fsp3) is 0. The Morgan fingerprint density at radius 2 is 0.600 bits per heavy atom. The van der Waals surface area contributed by atoms with E-state index in [-0.39, 0.29) is 17.1 Å². The molecule has 0 saturated carbocycles. The van der Waals surface area contributed by atoms with Crippen molar-refractivity contribution in [3.8, 4) is 17.2 Å². The zero-order chi connectivity index (χ0) is 17.5. The van der Waals surface area contributed by atoms with Crippen molar-refractivity contribution in [1.29, 1.82) is 0 Å². The van der Waals surface area contributed by atoms with Gasteiger partial charge >= 0.3 is 0 Å². The Labute approximate surface area is 161 Å². The molecule has 0 aliphatic heterocycles. The summed E-state index contributed by atoms with van der Waals surface area (Å²) in [7, 11) is 9.77. The van der Waals surface area contributed by atoms with Gasteiger partial charge in [-0.1, -0.05) is 54.6 Å². The second kappa shape index (κ2) is 15.1. The first kappa shape index (κ1) is 22.6. The molecule has 1 radical (unpaired) electrons. The number of rotatable bonds is 3. The molecule has 0 N–H and O–H groups in total. The second-order valence-corrected chi connectivity index (χ2v) is 4.37. The first-order valence-electron chi connectivity index (χ1n) is 7.21. The average molecular weight is 385 g/mol. The second-order valence-electron chi connectivity index (χ2n) is 4.37. The molecule has 0 spiro atoms. The van der Waals surface area contributed by atoms with Crippen molar-refractivity contribution in [1.82, 2.24) is 0 Å². The fourth-order valence-corrected chi connectivity index (χ4v) is 1.55. The van der Waals surface area contributed by atoms with E-state index in [9.17, 15) is 0 Å². The molecule has 4 heteroatoms. The van der Waals surface area contributed by atoms with Gasteiger partial charge in [-0.3, -0.25) is 0 Å². The van der Waals surface area contributed by atoms with Crippen LogP contribution in [-0.4, -0.2) is 0 Å². The quantitative estimate of drug-likeness (QED) is 0.436. The molecule has 0 heterocycles. The zero-order valence-corrected chi connectivity index (χ0v) is 14.7. The van der Waals surface area contributed by atoms with Crippen LogP contribution in [0.1, 0.15) is 0 Å². The maximum atomic E-state index is 4.66. The molecule has 0 amide bonds. The van der Waals surface area contributed by atoms with Crippen LogP contribution in [0, 0.1) is 21.3 Å². The SMILES string of the molecule is [CH2-]Oc1ccccc1.[CH2-]Oc1ccccc1.[CH2-]Oc1ccccc1.[Cu]. The Morgan fingerprint density at radius 3 is 0.720 bits per heavy atom. The third kappa shape index (κ3) is 10.9. The van der Waals surface area contributed by atoms with E-state index in [1.807, 2.05) is 91.0 Å². The van der Waals surface area contributed by atoms with E-state index < -0.39 is 0 Å². The minimum absolute atomic E-state index is 0. The van der Waals surface area contributed by atoms with E-state index in [2.05, 4.69) is 35.5 Å². The number of para-hydroxylation sites is 3. The van der Waals surface area contributed by atoms with Crippen LogP contribution in [0.2, 0.25) is 0 Å². The molecule has 3 rings (SSSR count). The van der Waals surface area contributed by atoms with Gasteiger partial charge in [0.25, 0.3) is 0 Å². The van der Waals surface area contributed by atoms with Gasteiger partial charge in [0.1, 0.15) is 0 Å². The van der Waals surface area contributed by atoms with E-state index in [4.69, 9.17) is 0 Å². The van der Waals surface area contributed by atoms with Crippen LogP contribution in [0.25, 0.3) is 0 Å². The van der Waals surface area contributed by atoms with Crippen molar-refractivity contribution in [2.24, 2.45) is 0 Å². The van der Waals surface area contributed by atoms with Gasteiger partial charge in [0.05, 0.1) is 17.2 Å². The number of hydrogen-bond acceptors (Lipinski definition) is 3. The van der Waals surface area contributed by atoms with Gasteiger partial charge in [-0.25, -0.2) is 0 Å². The Morgan fingerprint density at radius 1 is 0.400 bits per heavy atom. The standard InChI is InChI=1S/3C7H7O.Cu/c3*1-8-7-5-3-2-4-6-7;/h3*2-6H,1H2;/q3*-1;. The summed E-state index contributed by atoms with van der Waals surface area (Å²) in [4.78, 5) is 0. The van der Waals surface area contributed by atoms with Crippen molar-refractivity contribution in [2.45, 2.75) is 0 Å². The predicted octanol–water partition coefficient (Wildman–Crippen LogP) is 5.57. The molecule has 0 unspecified atom stereocenters. The summed E-state index contributed by atoms with van der Waals surface area (Å²) in [5.74, 6) is 2.40. The average Bonchev–Trinajstić information content (AvgIpc) is 2.71. The van der Waals surface area contributed by atoms with Gasteiger partial charge in [0.15, 0.2) is 0 Å². The summed E-state index contributed by atoms with van der Waals surface area (Å²) < 4.78 is 14.0. The van der Waals surface area contributed by atoms with E-state index >= 15 is 0 Å². The van der Waals surface area contributed by atoms with E-state index in [1.54, 1.807) is 0 Å². The van der Waals surface area contributed by atoms with Gasteiger partial charge in [-0.15, -0.1) is 0 Å². The molecule has 137 valence electrons. The molecular weight excluding hydrogens is 364 g/mol. The summed E-state index contributed by atoms with van der Waals surface area (Å²) in [6.07, 6.45) is 0. The molecule has 0 bridgehead atoms. The van der Waals surface area contributed by atoms with Crippen molar-refractivity contribution in [2.75, 3.05) is 0 Å². The van der Waals surface area contributed by atoms with Crippen molar-refractivity contribution in [3.63, 3.8) is 0 Å². The smallest absolute Gasteiger partial charge is 0.0843 e. The normalized spacial score (nSPS) is 8.28. The van der Waals surface area contributed by atoms with Crippen LogP contribution in [0.5, 0.6) is 17.2 Å². The van der Waals surface area contributed by atoms with E-state index in [0.29, 0.717) is 0 Å². The molecule has 3 aromatic carbocycles. The summed E-state index contributed by atoms with van der Waals surface area (Å²) in [6, 6.07) is 28.3. The summed E-state index contributed by atoms with van der Waals surface area (Å²) >= 11 is 0. The minimum Gasteiger partial charge on any atom is -0.665 e. The maximum Gasteiger partial charge on any atom is 0.0843 e. The Balaban J connectivity index is 0.000000339. The molecule has 0 aliphatic carbocycles. The van der Waals surface area contributed by atoms with Gasteiger partial charge < -0.3 is 14.2 Å². The first-order chi connectivity index (χ1) is 11.8. The van der Waals surface area contributed by atoms with Crippen LogP contribution in [0.4, 0.5) is 0 Å². The molecule has 3 aromatic rings. The van der Waals surface area contributed by atoms with Crippen molar-refractivity contribution in [3.05, 3.63) is 112 Å². The van der Waals surface area contributed by atoms with Gasteiger partial charge in [-0.05, 0) is 36.4 Å². The van der Waals surface area contributed by atoms with Crippen LogP contribution in [0.15, 0.2) is 91.0 Å². The van der Waals surface area contributed by atoms with Crippen LogP contribution in [-0.2, 0) is 17.1 Å². The Kier molecular flexibility index (Phi) is 13.7. The van der Waals surface area contributed by atoms with Crippen LogP contribution < -0.4 is 14.2 Å².